The summed E-state index contributed by atoms with van der Waals surface area (Å²) in [4.78, 5) is 19.9. The highest BCUT2D eigenvalue weighted by Crippen LogP contribution is 2.49. The average Bonchev–Trinajstić information content (AvgIpc) is 2.98. The van der Waals surface area contributed by atoms with E-state index in [1.54, 1.807) is 42.3 Å². The highest BCUT2D eigenvalue weighted by molar-refractivity contribution is 6.42. The molecule has 1 atom stereocenters. The Kier molecular flexibility index (Phi) is 9.35. The van der Waals surface area contributed by atoms with Crippen molar-refractivity contribution in [3.8, 4) is 5.75 Å². The zero-order valence-electron chi connectivity index (χ0n) is 24.8. The number of hydrogen-bond acceptors (Lipinski definition) is 4. The Balaban J connectivity index is 1.30. The second-order valence-electron chi connectivity index (χ2n) is 11.8. The smallest absolute Gasteiger partial charge is 0.230 e. The second-order valence-corrected chi connectivity index (χ2v) is 12.6. The fourth-order valence-electron chi connectivity index (χ4n) is 6.55. The normalized spacial score (nSPS) is 17.1. The molecule has 1 spiro atoms. The monoisotopic (exact) mass is 627 g/mol. The molecule has 5 rings (SSSR count). The van der Waals surface area contributed by atoms with Crippen LogP contribution in [0.5, 0.6) is 5.75 Å². The second kappa shape index (κ2) is 12.8. The molecule has 0 saturated carbocycles. The number of likely N-dealkylation sites (tertiary alicyclic amines) is 1. The number of carbonyl (C=O) groups excluding carboxylic acids is 1. The van der Waals surface area contributed by atoms with Gasteiger partial charge < -0.3 is 19.4 Å². The summed E-state index contributed by atoms with van der Waals surface area (Å²) in [5.74, 6) is -1.07. The number of carbonyl (C=O) groups is 1. The molecule has 43 heavy (non-hydrogen) atoms. The van der Waals surface area contributed by atoms with Crippen molar-refractivity contribution in [3.63, 3.8) is 0 Å². The standard InChI is InChI=1S/C34H37Cl2F2N3O2/c1-22-20-34(27-19-25(37)7-9-31(27)40(22)3)12-15-41(16-13-34)14-11-26(24-6-8-28(35)29(36)18-24)33(42)39(2)21-23-5-10-32(43-4)30(38)17-23/h5-10,17-19,26H,1,11-16,20-21H2,2-4H3. The number of amides is 1. The molecule has 1 saturated heterocycles. The van der Waals surface area contributed by atoms with Crippen LogP contribution in [0.3, 0.4) is 0 Å². The molecule has 2 aliphatic rings. The molecule has 0 aromatic heterocycles. The van der Waals surface area contributed by atoms with Gasteiger partial charge in [0, 0.05) is 37.4 Å². The molecule has 0 bridgehead atoms. The summed E-state index contributed by atoms with van der Waals surface area (Å²) >= 11 is 12.6. The Morgan fingerprint density at radius 3 is 2.49 bits per heavy atom. The van der Waals surface area contributed by atoms with Crippen LogP contribution in [0.15, 0.2) is 66.9 Å². The topological polar surface area (TPSA) is 36.0 Å². The van der Waals surface area contributed by atoms with E-state index in [0.29, 0.717) is 28.6 Å². The molecule has 1 fully saturated rings. The molecule has 3 aromatic carbocycles. The van der Waals surface area contributed by atoms with Crippen molar-refractivity contribution >= 4 is 34.8 Å². The lowest BCUT2D eigenvalue weighted by atomic mass is 9.67. The minimum atomic E-state index is -0.469. The lowest BCUT2D eigenvalue weighted by Gasteiger charge is -2.48. The Labute approximate surface area is 262 Å². The first-order chi connectivity index (χ1) is 20.5. The van der Waals surface area contributed by atoms with Crippen molar-refractivity contribution < 1.29 is 18.3 Å². The number of methoxy groups -OCH3 is 1. The van der Waals surface area contributed by atoms with Crippen LogP contribution in [0.1, 0.15) is 48.3 Å². The van der Waals surface area contributed by atoms with Gasteiger partial charge in [0.25, 0.3) is 0 Å². The Hall–Kier alpha value is -3.13. The van der Waals surface area contributed by atoms with E-state index in [1.165, 1.54) is 19.2 Å². The summed E-state index contributed by atoms with van der Waals surface area (Å²) in [7, 11) is 5.13. The number of ether oxygens (including phenoxy) is 1. The molecule has 0 aliphatic carbocycles. The summed E-state index contributed by atoms with van der Waals surface area (Å²) in [6, 6.07) is 15.1. The largest absolute Gasteiger partial charge is 0.494 e. The SMILES string of the molecule is C=C1CC2(CCN(CCC(C(=O)N(C)Cc3ccc(OC)c(F)c3)c3ccc(Cl)c(Cl)c3)CC2)c2cc(F)ccc2N1C. The van der Waals surface area contributed by atoms with E-state index in [-0.39, 0.29) is 29.4 Å². The van der Waals surface area contributed by atoms with Crippen LogP contribution in [0.25, 0.3) is 0 Å². The molecular formula is C34H37Cl2F2N3O2. The van der Waals surface area contributed by atoms with Crippen LogP contribution >= 0.6 is 23.2 Å². The van der Waals surface area contributed by atoms with Gasteiger partial charge >= 0.3 is 0 Å². The molecule has 9 heteroatoms. The first kappa shape index (κ1) is 31.3. The van der Waals surface area contributed by atoms with Gasteiger partial charge in [-0.15, -0.1) is 0 Å². The number of fused-ring (bicyclic) bond motifs is 2. The average molecular weight is 629 g/mol. The Morgan fingerprint density at radius 2 is 1.81 bits per heavy atom. The van der Waals surface area contributed by atoms with Crippen LogP contribution in [-0.2, 0) is 16.8 Å². The third-order valence-electron chi connectivity index (χ3n) is 9.11. The van der Waals surface area contributed by atoms with Gasteiger partial charge in [-0.2, -0.15) is 0 Å². The van der Waals surface area contributed by atoms with Crippen LogP contribution < -0.4 is 9.64 Å². The van der Waals surface area contributed by atoms with Crippen LogP contribution in [0.4, 0.5) is 14.5 Å². The number of piperidine rings is 1. The highest BCUT2D eigenvalue weighted by Gasteiger charge is 2.42. The molecule has 0 N–H and O–H groups in total. The minimum Gasteiger partial charge on any atom is -0.494 e. The predicted molar refractivity (Wildman–Crippen MR) is 169 cm³/mol. The number of hydrogen-bond donors (Lipinski definition) is 0. The summed E-state index contributed by atoms with van der Waals surface area (Å²) in [5, 5.41) is 0.821. The molecule has 5 nitrogen and oxygen atoms in total. The molecular weight excluding hydrogens is 591 g/mol. The maximum Gasteiger partial charge on any atom is 0.230 e. The van der Waals surface area contributed by atoms with Crippen LogP contribution in [-0.4, -0.2) is 56.5 Å². The van der Waals surface area contributed by atoms with Crippen LogP contribution in [0.2, 0.25) is 10.0 Å². The van der Waals surface area contributed by atoms with Gasteiger partial charge in [-0.1, -0.05) is 41.9 Å². The summed E-state index contributed by atoms with van der Waals surface area (Å²) < 4.78 is 33.7. The molecule has 228 valence electrons. The van der Waals surface area contributed by atoms with Crippen molar-refractivity contribution in [3.05, 3.63) is 105 Å². The van der Waals surface area contributed by atoms with E-state index in [9.17, 15) is 13.6 Å². The quantitative estimate of drug-likeness (QED) is 0.255. The predicted octanol–water partition coefficient (Wildman–Crippen LogP) is 7.80. The number of anilines is 1. The van der Waals surface area contributed by atoms with Crippen molar-refractivity contribution in [2.45, 2.75) is 43.6 Å². The number of benzene rings is 3. The van der Waals surface area contributed by atoms with Crippen molar-refractivity contribution in [1.29, 1.82) is 0 Å². The first-order valence-electron chi connectivity index (χ1n) is 14.5. The minimum absolute atomic E-state index is 0.0842. The fourth-order valence-corrected chi connectivity index (χ4v) is 6.86. The lowest BCUT2D eigenvalue weighted by Crippen LogP contribution is -2.47. The summed E-state index contributed by atoms with van der Waals surface area (Å²) in [5.41, 5.74) is 4.43. The summed E-state index contributed by atoms with van der Waals surface area (Å²) in [6.07, 6.45) is 3.13. The van der Waals surface area contributed by atoms with Crippen LogP contribution in [0, 0.1) is 11.6 Å². The van der Waals surface area contributed by atoms with Crippen molar-refractivity contribution in [2.24, 2.45) is 0 Å². The molecule has 0 radical (unpaired) electrons. The first-order valence-corrected chi connectivity index (χ1v) is 15.2. The third kappa shape index (κ3) is 6.54. The Morgan fingerprint density at radius 1 is 1.07 bits per heavy atom. The zero-order chi connectivity index (χ0) is 30.9. The van der Waals surface area contributed by atoms with E-state index in [4.69, 9.17) is 27.9 Å². The van der Waals surface area contributed by atoms with E-state index >= 15 is 0 Å². The molecule has 2 heterocycles. The molecule has 1 unspecified atom stereocenters. The maximum absolute atomic E-state index is 14.4. The summed E-state index contributed by atoms with van der Waals surface area (Å²) in [6.45, 7) is 6.91. The number of nitrogens with zero attached hydrogens (tertiary/aromatic N) is 3. The zero-order valence-corrected chi connectivity index (χ0v) is 26.3. The molecule has 1 amide bonds. The van der Waals surface area contributed by atoms with E-state index < -0.39 is 11.7 Å². The number of rotatable bonds is 8. The number of halogens is 4. The van der Waals surface area contributed by atoms with E-state index in [1.807, 2.05) is 19.2 Å². The van der Waals surface area contributed by atoms with E-state index in [2.05, 4.69) is 16.4 Å². The molecule has 2 aliphatic heterocycles. The highest BCUT2D eigenvalue weighted by atomic mass is 35.5. The van der Waals surface area contributed by atoms with Crippen molar-refractivity contribution in [1.82, 2.24) is 9.80 Å². The van der Waals surface area contributed by atoms with Crippen molar-refractivity contribution in [2.75, 3.05) is 45.7 Å². The third-order valence-corrected chi connectivity index (χ3v) is 9.85. The van der Waals surface area contributed by atoms with Gasteiger partial charge in [0.05, 0.1) is 23.1 Å². The number of likely N-dealkylation sites (N-methyl/N-ethyl adjacent to an activating group) is 1. The van der Waals surface area contributed by atoms with Gasteiger partial charge in [-0.3, -0.25) is 4.79 Å². The van der Waals surface area contributed by atoms with Gasteiger partial charge in [0.15, 0.2) is 11.6 Å². The van der Waals surface area contributed by atoms with Gasteiger partial charge in [0.2, 0.25) is 5.91 Å². The lowest BCUT2D eigenvalue weighted by molar-refractivity contribution is -0.132. The molecule has 3 aromatic rings. The van der Waals surface area contributed by atoms with Gasteiger partial charge in [-0.25, -0.2) is 8.78 Å². The van der Waals surface area contributed by atoms with Gasteiger partial charge in [0.1, 0.15) is 5.82 Å². The Bertz CT molecular complexity index is 1520. The maximum atomic E-state index is 14.4. The van der Waals surface area contributed by atoms with Gasteiger partial charge in [-0.05, 0) is 104 Å². The number of allylic oxidation sites excluding steroid dienone is 1. The van der Waals surface area contributed by atoms with E-state index in [0.717, 1.165) is 54.9 Å². The fraction of sp³-hybridized carbons (Fsp3) is 0.382.